The Balaban J connectivity index is 2.07. The van der Waals surface area contributed by atoms with Gasteiger partial charge in [0.05, 0.1) is 5.56 Å². The zero-order valence-electron chi connectivity index (χ0n) is 14.7. The molecular weight excluding hydrogens is 320 g/mol. The van der Waals surface area contributed by atoms with Gasteiger partial charge in [-0.3, -0.25) is 14.2 Å². The van der Waals surface area contributed by atoms with Crippen LogP contribution in [-0.4, -0.2) is 20.4 Å². The molecule has 0 atom stereocenters. The van der Waals surface area contributed by atoms with E-state index in [1.54, 1.807) is 19.2 Å². The van der Waals surface area contributed by atoms with Gasteiger partial charge in [-0.2, -0.15) is 0 Å². The van der Waals surface area contributed by atoms with Gasteiger partial charge in [-0.1, -0.05) is 13.8 Å². The van der Waals surface area contributed by atoms with Crippen molar-refractivity contribution >= 4 is 22.8 Å². The van der Waals surface area contributed by atoms with Gasteiger partial charge in [-0.15, -0.1) is 0 Å². The van der Waals surface area contributed by atoms with Crippen LogP contribution in [0, 0.1) is 19.8 Å². The van der Waals surface area contributed by atoms with Gasteiger partial charge >= 0.3 is 0 Å². The quantitative estimate of drug-likeness (QED) is 0.788. The highest BCUT2D eigenvalue weighted by Gasteiger charge is 2.23. The Morgan fingerprint density at radius 3 is 2.76 bits per heavy atom. The van der Waals surface area contributed by atoms with Gasteiger partial charge in [0.2, 0.25) is 5.71 Å². The highest BCUT2D eigenvalue weighted by Crippen LogP contribution is 2.22. The van der Waals surface area contributed by atoms with Crippen LogP contribution >= 0.6 is 0 Å². The van der Waals surface area contributed by atoms with Crippen LogP contribution in [0.3, 0.4) is 0 Å². The molecule has 7 heteroatoms. The van der Waals surface area contributed by atoms with Crippen LogP contribution in [0.4, 0.5) is 5.82 Å². The van der Waals surface area contributed by atoms with Crippen molar-refractivity contribution in [2.45, 2.75) is 34.2 Å². The molecule has 7 nitrogen and oxygen atoms in total. The summed E-state index contributed by atoms with van der Waals surface area (Å²) in [6.45, 7) is 8.09. The number of furan rings is 1. The lowest BCUT2D eigenvalue weighted by atomic mass is 10.1. The molecule has 0 saturated heterocycles. The Labute approximate surface area is 144 Å². The first kappa shape index (κ1) is 16.9. The molecule has 1 N–H and O–H groups in total. The minimum absolute atomic E-state index is 0.171. The van der Waals surface area contributed by atoms with Crippen LogP contribution in [0.5, 0.6) is 0 Å². The van der Waals surface area contributed by atoms with Gasteiger partial charge in [0, 0.05) is 12.7 Å². The number of amides is 1. The number of nitrogens with zero attached hydrogens (tertiary/aromatic N) is 3. The lowest BCUT2D eigenvalue weighted by Gasteiger charge is -2.08. The summed E-state index contributed by atoms with van der Waals surface area (Å²) in [6, 6.07) is 3.59. The second-order valence-corrected chi connectivity index (χ2v) is 6.48. The van der Waals surface area contributed by atoms with Crippen LogP contribution < -0.4 is 10.9 Å². The van der Waals surface area contributed by atoms with Crippen molar-refractivity contribution in [3.8, 4) is 0 Å². The molecule has 0 bridgehead atoms. The Hall–Kier alpha value is -2.96. The van der Waals surface area contributed by atoms with Gasteiger partial charge in [0.1, 0.15) is 23.3 Å². The van der Waals surface area contributed by atoms with Crippen molar-refractivity contribution in [1.29, 1.82) is 0 Å². The fourth-order valence-corrected chi connectivity index (χ4v) is 2.72. The Kier molecular flexibility index (Phi) is 4.39. The fourth-order valence-electron chi connectivity index (χ4n) is 2.72. The second kappa shape index (κ2) is 6.51. The topological polar surface area (TPSA) is 90.0 Å². The van der Waals surface area contributed by atoms with E-state index in [-0.39, 0.29) is 28.1 Å². The number of anilines is 1. The standard InChI is InChI=1S/C18H20N4O3/c1-10(2)8-22-9-20-17-15(18(22)24)14(12(4)25-17)16(23)21-13-7-11(3)5-6-19-13/h5-7,9-10H,8H2,1-4H3,(H,19,21,23). The minimum atomic E-state index is -0.435. The summed E-state index contributed by atoms with van der Waals surface area (Å²) in [5.74, 6) is 0.617. The normalized spacial score (nSPS) is 11.2. The molecule has 0 saturated carbocycles. The minimum Gasteiger partial charge on any atom is -0.442 e. The largest absolute Gasteiger partial charge is 0.442 e. The van der Waals surface area contributed by atoms with Crippen molar-refractivity contribution in [1.82, 2.24) is 14.5 Å². The van der Waals surface area contributed by atoms with Crippen molar-refractivity contribution in [3.63, 3.8) is 0 Å². The number of aromatic nitrogens is 3. The van der Waals surface area contributed by atoms with E-state index in [1.807, 2.05) is 26.8 Å². The number of fused-ring (bicyclic) bond motifs is 1. The summed E-state index contributed by atoms with van der Waals surface area (Å²) in [6.07, 6.45) is 3.07. The van der Waals surface area contributed by atoms with Crippen LogP contribution in [-0.2, 0) is 6.54 Å². The maximum Gasteiger partial charge on any atom is 0.265 e. The molecule has 130 valence electrons. The van der Waals surface area contributed by atoms with Gasteiger partial charge in [0.25, 0.3) is 11.5 Å². The number of nitrogens with one attached hydrogen (secondary N) is 1. The lowest BCUT2D eigenvalue weighted by Crippen LogP contribution is -2.24. The molecule has 0 radical (unpaired) electrons. The maximum absolute atomic E-state index is 12.8. The van der Waals surface area contributed by atoms with Gasteiger partial charge in [-0.25, -0.2) is 9.97 Å². The third kappa shape index (κ3) is 3.31. The van der Waals surface area contributed by atoms with E-state index >= 15 is 0 Å². The zero-order chi connectivity index (χ0) is 18.1. The molecule has 0 spiro atoms. The summed E-state index contributed by atoms with van der Waals surface area (Å²) < 4.78 is 7.02. The molecular formula is C18H20N4O3. The molecule has 0 aliphatic rings. The summed E-state index contributed by atoms with van der Waals surface area (Å²) in [5.41, 5.74) is 1.07. The molecule has 3 aromatic heterocycles. The number of rotatable bonds is 4. The summed E-state index contributed by atoms with van der Waals surface area (Å²) >= 11 is 0. The Bertz CT molecular complexity index is 1000. The van der Waals surface area contributed by atoms with Crippen molar-refractivity contribution < 1.29 is 9.21 Å². The van der Waals surface area contributed by atoms with Crippen molar-refractivity contribution in [2.24, 2.45) is 5.92 Å². The second-order valence-electron chi connectivity index (χ2n) is 6.48. The molecule has 3 heterocycles. The SMILES string of the molecule is Cc1ccnc(NC(=O)c2c(C)oc3ncn(CC(C)C)c(=O)c23)c1. The first-order valence-corrected chi connectivity index (χ1v) is 8.09. The molecule has 0 aliphatic carbocycles. The Morgan fingerprint density at radius 1 is 1.32 bits per heavy atom. The zero-order valence-corrected chi connectivity index (χ0v) is 14.7. The number of aryl methyl sites for hydroxylation is 2. The maximum atomic E-state index is 12.8. The molecule has 0 unspecified atom stereocenters. The van der Waals surface area contributed by atoms with E-state index in [2.05, 4.69) is 15.3 Å². The van der Waals surface area contributed by atoms with E-state index in [0.717, 1.165) is 5.56 Å². The number of carbonyl (C=O) groups is 1. The number of hydrogen-bond acceptors (Lipinski definition) is 5. The number of pyridine rings is 1. The third-order valence-corrected chi connectivity index (χ3v) is 3.80. The van der Waals surface area contributed by atoms with Crippen LogP contribution in [0.15, 0.2) is 33.9 Å². The van der Waals surface area contributed by atoms with E-state index in [0.29, 0.717) is 18.1 Å². The number of hydrogen-bond donors (Lipinski definition) is 1. The predicted molar refractivity (Wildman–Crippen MR) is 94.8 cm³/mol. The molecule has 25 heavy (non-hydrogen) atoms. The number of carbonyl (C=O) groups excluding carboxylic acids is 1. The summed E-state index contributed by atoms with van der Waals surface area (Å²) in [7, 11) is 0. The smallest absolute Gasteiger partial charge is 0.265 e. The first-order valence-electron chi connectivity index (χ1n) is 8.09. The fraction of sp³-hybridized carbons (Fsp3) is 0.333. The monoisotopic (exact) mass is 340 g/mol. The molecule has 3 rings (SSSR count). The molecule has 0 aromatic carbocycles. The predicted octanol–water partition coefficient (Wildman–Crippen LogP) is 2.91. The molecule has 3 aromatic rings. The van der Waals surface area contributed by atoms with E-state index in [4.69, 9.17) is 4.42 Å². The highest BCUT2D eigenvalue weighted by molar-refractivity contribution is 6.12. The molecule has 1 amide bonds. The average Bonchev–Trinajstić information content (AvgIpc) is 2.87. The van der Waals surface area contributed by atoms with E-state index in [1.165, 1.54) is 10.9 Å². The van der Waals surface area contributed by atoms with Crippen molar-refractivity contribution in [2.75, 3.05) is 5.32 Å². The highest BCUT2D eigenvalue weighted by atomic mass is 16.3. The summed E-state index contributed by atoms with van der Waals surface area (Å²) in [5, 5.41) is 2.92. The summed E-state index contributed by atoms with van der Waals surface area (Å²) in [4.78, 5) is 33.8. The molecule has 0 fully saturated rings. The van der Waals surface area contributed by atoms with E-state index < -0.39 is 5.91 Å². The average molecular weight is 340 g/mol. The first-order chi connectivity index (χ1) is 11.9. The van der Waals surface area contributed by atoms with Gasteiger partial charge in [-0.05, 0) is 37.5 Å². The van der Waals surface area contributed by atoms with Crippen LogP contribution in [0.25, 0.3) is 11.1 Å². The third-order valence-electron chi connectivity index (χ3n) is 3.80. The van der Waals surface area contributed by atoms with Gasteiger partial charge < -0.3 is 9.73 Å². The Morgan fingerprint density at radius 2 is 2.08 bits per heavy atom. The van der Waals surface area contributed by atoms with Crippen LogP contribution in [0.2, 0.25) is 0 Å². The van der Waals surface area contributed by atoms with Crippen LogP contribution in [0.1, 0.15) is 35.5 Å². The van der Waals surface area contributed by atoms with E-state index in [9.17, 15) is 9.59 Å². The molecule has 0 aliphatic heterocycles. The van der Waals surface area contributed by atoms with Crippen molar-refractivity contribution in [3.05, 3.63) is 51.9 Å². The van der Waals surface area contributed by atoms with Gasteiger partial charge in [0.15, 0.2) is 0 Å². The lowest BCUT2D eigenvalue weighted by molar-refractivity contribution is 0.102.